The summed E-state index contributed by atoms with van der Waals surface area (Å²) in [5.41, 5.74) is 0.185. The standard InChI is InChI=1S/C11H20N4OS/c1-7(11(2,3)4)6-13-8(16)9-14-15-10(12-5)17-9/h7H,6H2,1-5H3,(H,12,15)(H,13,16). The maximum Gasteiger partial charge on any atom is 0.282 e. The van der Waals surface area contributed by atoms with Crippen molar-refractivity contribution in [2.45, 2.75) is 27.7 Å². The fraction of sp³-hybridized carbons (Fsp3) is 0.727. The fourth-order valence-corrected chi connectivity index (χ4v) is 1.66. The zero-order valence-corrected chi connectivity index (χ0v) is 11.8. The van der Waals surface area contributed by atoms with Gasteiger partial charge in [-0.25, -0.2) is 0 Å². The third-order valence-corrected chi connectivity index (χ3v) is 3.82. The minimum absolute atomic E-state index is 0.153. The van der Waals surface area contributed by atoms with Crippen LogP contribution < -0.4 is 10.6 Å². The first-order valence-electron chi connectivity index (χ1n) is 5.64. The minimum atomic E-state index is -0.153. The normalized spacial score (nSPS) is 13.2. The van der Waals surface area contributed by atoms with Crippen LogP contribution in [-0.4, -0.2) is 29.7 Å². The van der Waals surface area contributed by atoms with Crippen LogP contribution in [0.2, 0.25) is 0 Å². The summed E-state index contributed by atoms with van der Waals surface area (Å²) in [6.45, 7) is 9.26. The van der Waals surface area contributed by atoms with E-state index in [1.807, 2.05) is 0 Å². The van der Waals surface area contributed by atoms with Crippen molar-refractivity contribution in [3.05, 3.63) is 5.01 Å². The Morgan fingerprint density at radius 3 is 2.53 bits per heavy atom. The van der Waals surface area contributed by atoms with E-state index < -0.39 is 0 Å². The maximum atomic E-state index is 11.8. The number of carbonyl (C=O) groups is 1. The average molecular weight is 256 g/mol. The van der Waals surface area contributed by atoms with E-state index in [9.17, 15) is 4.79 Å². The Balaban J connectivity index is 2.50. The molecule has 2 N–H and O–H groups in total. The van der Waals surface area contributed by atoms with E-state index in [4.69, 9.17) is 0 Å². The molecule has 5 nitrogen and oxygen atoms in total. The fourth-order valence-electron chi connectivity index (χ4n) is 1.04. The van der Waals surface area contributed by atoms with E-state index in [1.54, 1.807) is 7.05 Å². The summed E-state index contributed by atoms with van der Waals surface area (Å²) in [6, 6.07) is 0. The molecule has 0 aliphatic rings. The van der Waals surface area contributed by atoms with Gasteiger partial charge in [0.1, 0.15) is 0 Å². The Labute approximate surface area is 106 Å². The first-order valence-corrected chi connectivity index (χ1v) is 6.45. The van der Waals surface area contributed by atoms with E-state index in [0.717, 1.165) is 0 Å². The topological polar surface area (TPSA) is 66.9 Å². The third kappa shape index (κ3) is 3.96. The molecule has 1 amide bonds. The predicted octanol–water partition coefficient (Wildman–Crippen LogP) is 1.99. The highest BCUT2D eigenvalue weighted by Crippen LogP contribution is 2.24. The van der Waals surface area contributed by atoms with E-state index in [-0.39, 0.29) is 11.3 Å². The van der Waals surface area contributed by atoms with Crippen LogP contribution in [0.1, 0.15) is 37.5 Å². The summed E-state index contributed by atoms with van der Waals surface area (Å²) in [6.07, 6.45) is 0. The largest absolute Gasteiger partial charge is 0.363 e. The molecule has 96 valence electrons. The number of aromatic nitrogens is 2. The summed E-state index contributed by atoms with van der Waals surface area (Å²) in [7, 11) is 1.75. The lowest BCUT2D eigenvalue weighted by Crippen LogP contribution is -2.33. The minimum Gasteiger partial charge on any atom is -0.363 e. The number of anilines is 1. The van der Waals surface area contributed by atoms with Gasteiger partial charge in [-0.3, -0.25) is 4.79 Å². The van der Waals surface area contributed by atoms with Gasteiger partial charge in [0.05, 0.1) is 0 Å². The molecule has 0 aliphatic heterocycles. The second-order valence-electron chi connectivity index (χ2n) is 5.14. The molecule has 0 saturated carbocycles. The highest BCUT2D eigenvalue weighted by molar-refractivity contribution is 7.17. The zero-order valence-electron chi connectivity index (χ0n) is 11.0. The Hall–Kier alpha value is -1.17. The smallest absolute Gasteiger partial charge is 0.282 e. The van der Waals surface area contributed by atoms with Crippen molar-refractivity contribution in [2.75, 3.05) is 18.9 Å². The van der Waals surface area contributed by atoms with Crippen molar-refractivity contribution >= 4 is 22.4 Å². The predicted molar refractivity (Wildman–Crippen MR) is 70.4 cm³/mol. The molecule has 0 fully saturated rings. The van der Waals surface area contributed by atoms with Gasteiger partial charge < -0.3 is 10.6 Å². The summed E-state index contributed by atoms with van der Waals surface area (Å²) in [5, 5.41) is 14.4. The molecule has 0 saturated heterocycles. The Morgan fingerprint density at radius 1 is 1.41 bits per heavy atom. The van der Waals surface area contributed by atoms with Gasteiger partial charge >= 0.3 is 0 Å². The van der Waals surface area contributed by atoms with Crippen LogP contribution in [0.15, 0.2) is 0 Å². The van der Waals surface area contributed by atoms with E-state index in [2.05, 4.69) is 48.5 Å². The van der Waals surface area contributed by atoms with E-state index in [0.29, 0.717) is 22.6 Å². The lowest BCUT2D eigenvalue weighted by atomic mass is 9.82. The second-order valence-corrected chi connectivity index (χ2v) is 6.12. The van der Waals surface area contributed by atoms with E-state index in [1.165, 1.54) is 11.3 Å². The van der Waals surface area contributed by atoms with Crippen LogP contribution >= 0.6 is 11.3 Å². The van der Waals surface area contributed by atoms with Crippen molar-refractivity contribution in [2.24, 2.45) is 11.3 Å². The SMILES string of the molecule is CNc1nnc(C(=O)NCC(C)C(C)(C)C)s1. The second kappa shape index (κ2) is 5.44. The van der Waals surface area contributed by atoms with Crippen molar-refractivity contribution in [3.63, 3.8) is 0 Å². The summed E-state index contributed by atoms with van der Waals surface area (Å²) in [4.78, 5) is 11.8. The number of hydrogen-bond donors (Lipinski definition) is 2. The van der Waals surface area contributed by atoms with Crippen molar-refractivity contribution < 1.29 is 4.79 Å². The first-order chi connectivity index (χ1) is 7.84. The van der Waals surface area contributed by atoms with Gasteiger partial charge in [0.15, 0.2) is 0 Å². The van der Waals surface area contributed by atoms with Crippen LogP contribution in [0.5, 0.6) is 0 Å². The molecule has 0 spiro atoms. The number of rotatable bonds is 4. The van der Waals surface area contributed by atoms with Crippen LogP contribution in [-0.2, 0) is 0 Å². The zero-order chi connectivity index (χ0) is 13.1. The molecular weight excluding hydrogens is 236 g/mol. The number of nitrogens with zero attached hydrogens (tertiary/aromatic N) is 2. The molecule has 6 heteroatoms. The molecule has 1 heterocycles. The third-order valence-electron chi connectivity index (χ3n) is 2.88. The summed E-state index contributed by atoms with van der Waals surface area (Å²) < 4.78 is 0. The summed E-state index contributed by atoms with van der Waals surface area (Å²) in [5.74, 6) is 0.253. The summed E-state index contributed by atoms with van der Waals surface area (Å²) >= 11 is 1.25. The van der Waals surface area contributed by atoms with Gasteiger partial charge in [0.25, 0.3) is 5.91 Å². The average Bonchev–Trinajstić information content (AvgIpc) is 2.72. The number of hydrogen-bond acceptors (Lipinski definition) is 5. The molecule has 1 aromatic rings. The Kier molecular flexibility index (Phi) is 4.45. The molecule has 1 aromatic heterocycles. The number of carbonyl (C=O) groups excluding carboxylic acids is 1. The van der Waals surface area contributed by atoms with Crippen LogP contribution in [0.25, 0.3) is 0 Å². The van der Waals surface area contributed by atoms with Crippen molar-refractivity contribution in [3.8, 4) is 0 Å². The molecule has 1 rings (SSSR count). The molecule has 0 bridgehead atoms. The molecule has 0 aromatic carbocycles. The Bertz CT molecular complexity index is 383. The van der Waals surface area contributed by atoms with Crippen molar-refractivity contribution in [1.29, 1.82) is 0 Å². The molecule has 0 aliphatic carbocycles. The highest BCUT2D eigenvalue weighted by Gasteiger charge is 2.21. The van der Waals surface area contributed by atoms with Crippen molar-refractivity contribution in [1.82, 2.24) is 15.5 Å². The van der Waals surface area contributed by atoms with Crippen LogP contribution in [0.3, 0.4) is 0 Å². The maximum absolute atomic E-state index is 11.8. The van der Waals surface area contributed by atoms with Crippen LogP contribution in [0, 0.1) is 11.3 Å². The lowest BCUT2D eigenvalue weighted by Gasteiger charge is -2.27. The molecule has 1 atom stereocenters. The quantitative estimate of drug-likeness (QED) is 0.864. The number of nitrogens with one attached hydrogen (secondary N) is 2. The Morgan fingerprint density at radius 2 is 2.06 bits per heavy atom. The monoisotopic (exact) mass is 256 g/mol. The van der Waals surface area contributed by atoms with Gasteiger partial charge in [-0.2, -0.15) is 0 Å². The van der Waals surface area contributed by atoms with Gasteiger partial charge in [-0.05, 0) is 11.3 Å². The lowest BCUT2D eigenvalue weighted by molar-refractivity contribution is 0.0936. The first kappa shape index (κ1) is 13.9. The molecular formula is C11H20N4OS. The molecule has 1 unspecified atom stereocenters. The van der Waals surface area contributed by atoms with Gasteiger partial charge in [-0.15, -0.1) is 10.2 Å². The van der Waals surface area contributed by atoms with Gasteiger partial charge in [-0.1, -0.05) is 39.0 Å². The van der Waals surface area contributed by atoms with E-state index >= 15 is 0 Å². The van der Waals surface area contributed by atoms with Gasteiger partial charge in [0.2, 0.25) is 10.1 Å². The number of amides is 1. The highest BCUT2D eigenvalue weighted by atomic mass is 32.1. The molecule has 0 radical (unpaired) electrons. The molecule has 17 heavy (non-hydrogen) atoms. The van der Waals surface area contributed by atoms with Gasteiger partial charge in [0, 0.05) is 13.6 Å². The van der Waals surface area contributed by atoms with Crippen LogP contribution in [0.4, 0.5) is 5.13 Å².